The van der Waals surface area contributed by atoms with E-state index in [1.54, 1.807) is 24.3 Å². The number of rotatable bonds is 11. The molecule has 3 N–H and O–H groups in total. The van der Waals surface area contributed by atoms with Crippen LogP contribution in [0, 0.1) is 11.8 Å². The minimum atomic E-state index is -0.192. The standard InChI is InChI=1S/C21H31N3O3/c1-3-5-15(6-4-2)19(25)22-13-14-23-20(26)16-9-11-18(12-10-16)24-21(27)17-7-8-17/h9-12,15,17H,3-8,13-14H2,1-2H3,(H,22,25)(H,23,26)(H,24,27). The molecule has 0 atom stereocenters. The predicted octanol–water partition coefficient (Wildman–Crippen LogP) is 3.10. The van der Waals surface area contributed by atoms with Crippen LogP contribution in [-0.2, 0) is 9.59 Å². The molecule has 0 spiro atoms. The molecule has 1 fully saturated rings. The van der Waals surface area contributed by atoms with Gasteiger partial charge in [-0.3, -0.25) is 14.4 Å². The average molecular weight is 373 g/mol. The van der Waals surface area contributed by atoms with Crippen LogP contribution in [0.1, 0.15) is 62.7 Å². The van der Waals surface area contributed by atoms with Crippen molar-refractivity contribution in [3.8, 4) is 0 Å². The maximum Gasteiger partial charge on any atom is 0.251 e. The first kappa shape index (κ1) is 20.9. The second-order valence-electron chi connectivity index (χ2n) is 7.16. The van der Waals surface area contributed by atoms with Crippen LogP contribution in [0.2, 0.25) is 0 Å². The van der Waals surface area contributed by atoms with E-state index in [0.29, 0.717) is 24.3 Å². The maximum atomic E-state index is 12.2. The van der Waals surface area contributed by atoms with Gasteiger partial charge in [0.15, 0.2) is 0 Å². The first-order chi connectivity index (χ1) is 13.0. The Balaban J connectivity index is 1.70. The Bertz CT molecular complexity index is 633. The fraction of sp³-hybridized carbons (Fsp3) is 0.571. The van der Waals surface area contributed by atoms with Crippen LogP contribution in [0.3, 0.4) is 0 Å². The summed E-state index contributed by atoms with van der Waals surface area (Å²) < 4.78 is 0. The summed E-state index contributed by atoms with van der Waals surface area (Å²) in [7, 11) is 0. The molecule has 0 aliphatic heterocycles. The summed E-state index contributed by atoms with van der Waals surface area (Å²) in [6.45, 7) is 4.97. The minimum Gasteiger partial charge on any atom is -0.354 e. The highest BCUT2D eigenvalue weighted by atomic mass is 16.2. The van der Waals surface area contributed by atoms with E-state index in [1.807, 2.05) is 0 Å². The van der Waals surface area contributed by atoms with Gasteiger partial charge in [0.25, 0.3) is 5.91 Å². The molecular weight excluding hydrogens is 342 g/mol. The number of carbonyl (C=O) groups is 3. The summed E-state index contributed by atoms with van der Waals surface area (Å²) >= 11 is 0. The van der Waals surface area contributed by atoms with Crippen molar-refractivity contribution in [3.05, 3.63) is 29.8 Å². The number of hydrogen-bond acceptors (Lipinski definition) is 3. The Morgan fingerprint density at radius 3 is 2.11 bits per heavy atom. The van der Waals surface area contributed by atoms with Gasteiger partial charge in [-0.2, -0.15) is 0 Å². The van der Waals surface area contributed by atoms with E-state index in [1.165, 1.54) is 0 Å². The Kier molecular flexibility index (Phi) is 8.30. The monoisotopic (exact) mass is 373 g/mol. The van der Waals surface area contributed by atoms with Gasteiger partial charge in [0.05, 0.1) is 0 Å². The molecule has 3 amide bonds. The van der Waals surface area contributed by atoms with Gasteiger partial charge < -0.3 is 16.0 Å². The van der Waals surface area contributed by atoms with Crippen molar-refractivity contribution < 1.29 is 14.4 Å². The van der Waals surface area contributed by atoms with Crippen LogP contribution in [-0.4, -0.2) is 30.8 Å². The highest BCUT2D eigenvalue weighted by Gasteiger charge is 2.29. The van der Waals surface area contributed by atoms with E-state index in [2.05, 4.69) is 29.8 Å². The molecule has 1 aliphatic carbocycles. The van der Waals surface area contributed by atoms with Gasteiger partial charge in [0.2, 0.25) is 11.8 Å². The number of benzene rings is 1. The molecule has 0 bridgehead atoms. The highest BCUT2D eigenvalue weighted by molar-refractivity contribution is 5.96. The number of amides is 3. The third-order valence-electron chi connectivity index (χ3n) is 4.72. The molecule has 0 aromatic heterocycles. The zero-order valence-corrected chi connectivity index (χ0v) is 16.3. The summed E-state index contributed by atoms with van der Waals surface area (Å²) in [4.78, 5) is 36.1. The van der Waals surface area contributed by atoms with Crippen molar-refractivity contribution in [2.24, 2.45) is 11.8 Å². The van der Waals surface area contributed by atoms with Crippen LogP contribution in [0.5, 0.6) is 0 Å². The van der Waals surface area contributed by atoms with Gasteiger partial charge in [0.1, 0.15) is 0 Å². The third-order valence-corrected chi connectivity index (χ3v) is 4.72. The minimum absolute atomic E-state index is 0.0485. The topological polar surface area (TPSA) is 87.3 Å². The lowest BCUT2D eigenvalue weighted by Gasteiger charge is -2.15. The fourth-order valence-electron chi connectivity index (χ4n) is 3.01. The number of carbonyl (C=O) groups excluding carboxylic acids is 3. The van der Waals surface area contributed by atoms with Crippen LogP contribution < -0.4 is 16.0 Å². The third kappa shape index (κ3) is 7.04. The van der Waals surface area contributed by atoms with Crippen molar-refractivity contribution in [2.45, 2.75) is 52.4 Å². The van der Waals surface area contributed by atoms with Crippen molar-refractivity contribution >= 4 is 23.4 Å². The van der Waals surface area contributed by atoms with E-state index >= 15 is 0 Å². The van der Waals surface area contributed by atoms with Crippen molar-refractivity contribution in [2.75, 3.05) is 18.4 Å². The molecule has 6 nitrogen and oxygen atoms in total. The molecule has 1 aliphatic rings. The van der Waals surface area contributed by atoms with Gasteiger partial charge in [-0.25, -0.2) is 0 Å². The quantitative estimate of drug-likeness (QED) is 0.521. The van der Waals surface area contributed by atoms with E-state index in [9.17, 15) is 14.4 Å². The van der Waals surface area contributed by atoms with Crippen LogP contribution >= 0.6 is 0 Å². The lowest BCUT2D eigenvalue weighted by molar-refractivity contribution is -0.125. The van der Waals surface area contributed by atoms with Crippen molar-refractivity contribution in [1.29, 1.82) is 0 Å². The zero-order valence-electron chi connectivity index (χ0n) is 16.3. The normalized spacial score (nSPS) is 13.3. The Morgan fingerprint density at radius 1 is 0.963 bits per heavy atom. The fourth-order valence-corrected chi connectivity index (χ4v) is 3.01. The molecule has 0 unspecified atom stereocenters. The van der Waals surface area contributed by atoms with Crippen molar-refractivity contribution in [3.63, 3.8) is 0 Å². The van der Waals surface area contributed by atoms with Gasteiger partial charge in [-0.05, 0) is 49.9 Å². The van der Waals surface area contributed by atoms with Gasteiger partial charge in [-0.1, -0.05) is 26.7 Å². The molecule has 0 heterocycles. The number of anilines is 1. The smallest absolute Gasteiger partial charge is 0.251 e. The van der Waals surface area contributed by atoms with Crippen LogP contribution in [0.4, 0.5) is 5.69 Å². The molecule has 1 aromatic rings. The molecular formula is C21H31N3O3. The maximum absolute atomic E-state index is 12.2. The summed E-state index contributed by atoms with van der Waals surface area (Å²) in [5.41, 5.74) is 1.23. The molecule has 6 heteroatoms. The second-order valence-corrected chi connectivity index (χ2v) is 7.16. The average Bonchev–Trinajstić information content (AvgIpc) is 3.50. The summed E-state index contributed by atoms with van der Waals surface area (Å²) in [5.74, 6) is 0.144. The van der Waals surface area contributed by atoms with Gasteiger partial charge in [0, 0.05) is 36.2 Å². The first-order valence-electron chi connectivity index (χ1n) is 10.0. The van der Waals surface area contributed by atoms with E-state index < -0.39 is 0 Å². The summed E-state index contributed by atoms with van der Waals surface area (Å²) in [6.07, 6.45) is 5.70. The molecule has 1 aromatic carbocycles. The number of hydrogen-bond donors (Lipinski definition) is 3. The van der Waals surface area contributed by atoms with Crippen LogP contribution in [0.25, 0.3) is 0 Å². The molecule has 148 valence electrons. The highest BCUT2D eigenvalue weighted by Crippen LogP contribution is 2.30. The molecule has 2 rings (SSSR count). The predicted molar refractivity (Wildman–Crippen MR) is 106 cm³/mol. The lowest BCUT2D eigenvalue weighted by Crippen LogP contribution is -2.37. The Morgan fingerprint density at radius 2 is 1.56 bits per heavy atom. The summed E-state index contributed by atoms with van der Waals surface area (Å²) in [6, 6.07) is 6.85. The Labute approximate surface area is 161 Å². The van der Waals surface area contributed by atoms with E-state index in [-0.39, 0.29) is 29.6 Å². The number of nitrogens with one attached hydrogen (secondary N) is 3. The van der Waals surface area contributed by atoms with Gasteiger partial charge >= 0.3 is 0 Å². The first-order valence-corrected chi connectivity index (χ1v) is 10.0. The largest absolute Gasteiger partial charge is 0.354 e. The van der Waals surface area contributed by atoms with Gasteiger partial charge in [-0.15, -0.1) is 0 Å². The molecule has 27 heavy (non-hydrogen) atoms. The van der Waals surface area contributed by atoms with Crippen molar-refractivity contribution in [1.82, 2.24) is 10.6 Å². The summed E-state index contributed by atoms with van der Waals surface area (Å²) in [5, 5.41) is 8.56. The SMILES string of the molecule is CCCC(CCC)C(=O)NCCNC(=O)c1ccc(NC(=O)C2CC2)cc1. The van der Waals surface area contributed by atoms with E-state index in [4.69, 9.17) is 0 Å². The molecule has 0 saturated heterocycles. The van der Waals surface area contributed by atoms with E-state index in [0.717, 1.165) is 38.5 Å². The van der Waals surface area contributed by atoms with Crippen LogP contribution in [0.15, 0.2) is 24.3 Å². The zero-order chi connectivity index (χ0) is 19.6. The lowest BCUT2D eigenvalue weighted by atomic mass is 9.97. The Hall–Kier alpha value is -2.37. The molecule has 1 saturated carbocycles. The molecule has 0 radical (unpaired) electrons. The second kappa shape index (κ2) is 10.7.